The summed E-state index contributed by atoms with van der Waals surface area (Å²) < 4.78 is 54.4. The van der Waals surface area contributed by atoms with E-state index in [1.165, 1.54) is 36.4 Å². The smallest absolute Gasteiger partial charge is 0.404 e. The first-order valence-electron chi connectivity index (χ1n) is 7.46. The summed E-state index contributed by atoms with van der Waals surface area (Å²) in [6.45, 7) is 0. The van der Waals surface area contributed by atoms with E-state index < -0.39 is 29.9 Å². The summed E-state index contributed by atoms with van der Waals surface area (Å²) in [5, 5.41) is 6.07. The van der Waals surface area contributed by atoms with E-state index in [0.29, 0.717) is 11.3 Å². The Labute approximate surface area is 145 Å². The topological polar surface area (TPSA) is 59.9 Å². The number of carbonyl (C=O) groups is 1. The van der Waals surface area contributed by atoms with Gasteiger partial charge in [-0.1, -0.05) is 29.4 Å². The fourth-order valence-corrected chi connectivity index (χ4v) is 2.35. The number of carbonyl (C=O) groups excluding carboxylic acids is 1. The molecular weight excluding hydrogens is 356 g/mol. The lowest BCUT2D eigenvalue weighted by Gasteiger charge is -2.15. The third-order valence-electron chi connectivity index (χ3n) is 3.49. The Morgan fingerprint density at radius 2 is 1.96 bits per heavy atom. The maximum absolute atomic E-state index is 13.3. The molecule has 0 unspecified atom stereocenters. The largest absolute Gasteiger partial charge is 0.573 e. The average Bonchev–Trinajstić information content (AvgIpc) is 3.05. The maximum Gasteiger partial charge on any atom is 0.573 e. The number of amides is 1. The van der Waals surface area contributed by atoms with Crippen LogP contribution >= 0.6 is 0 Å². The lowest BCUT2D eigenvalue weighted by molar-refractivity contribution is -0.274. The summed E-state index contributed by atoms with van der Waals surface area (Å²) in [5.74, 6) is -1.70. The fourth-order valence-electron chi connectivity index (χ4n) is 2.35. The van der Waals surface area contributed by atoms with E-state index >= 15 is 0 Å². The minimum atomic E-state index is -4.89. The van der Waals surface area contributed by atoms with Crippen LogP contribution in [0.5, 0.6) is 5.75 Å². The Bertz CT molecular complexity index is 852. The van der Waals surface area contributed by atoms with Gasteiger partial charge in [0.05, 0.1) is 11.4 Å². The van der Waals surface area contributed by atoms with Gasteiger partial charge in [0.25, 0.3) is 5.91 Å². The van der Waals surface area contributed by atoms with Gasteiger partial charge in [0.15, 0.2) is 5.75 Å². The van der Waals surface area contributed by atoms with Gasteiger partial charge in [0.1, 0.15) is 5.82 Å². The number of hydrogen-bond acceptors (Lipinski definition) is 4. The van der Waals surface area contributed by atoms with Gasteiger partial charge in [-0.3, -0.25) is 4.79 Å². The van der Waals surface area contributed by atoms with Crippen molar-refractivity contribution in [1.82, 2.24) is 0 Å². The van der Waals surface area contributed by atoms with Crippen LogP contribution in [0.3, 0.4) is 0 Å². The first-order chi connectivity index (χ1) is 12.3. The molecule has 2 aromatic carbocycles. The predicted molar refractivity (Wildman–Crippen MR) is 84.2 cm³/mol. The quantitative estimate of drug-likeness (QED) is 0.834. The van der Waals surface area contributed by atoms with Crippen molar-refractivity contribution < 1.29 is 31.9 Å². The second kappa shape index (κ2) is 7.03. The van der Waals surface area contributed by atoms with Gasteiger partial charge in [-0.05, 0) is 24.3 Å². The van der Waals surface area contributed by atoms with Gasteiger partial charge in [0.2, 0.25) is 6.10 Å². The van der Waals surface area contributed by atoms with Crippen LogP contribution < -0.4 is 10.1 Å². The van der Waals surface area contributed by atoms with Crippen molar-refractivity contribution in [2.45, 2.75) is 18.9 Å². The van der Waals surface area contributed by atoms with Gasteiger partial charge < -0.3 is 14.9 Å². The lowest BCUT2D eigenvalue weighted by atomic mass is 10.0. The third-order valence-corrected chi connectivity index (χ3v) is 3.49. The molecule has 3 rings (SSSR count). The summed E-state index contributed by atoms with van der Waals surface area (Å²) in [4.78, 5) is 17.3. The van der Waals surface area contributed by atoms with Crippen molar-refractivity contribution >= 4 is 17.3 Å². The molecule has 1 atom stereocenters. The molecule has 0 fully saturated rings. The Morgan fingerprint density at radius 3 is 2.69 bits per heavy atom. The molecule has 0 aliphatic carbocycles. The number of benzene rings is 2. The zero-order valence-electron chi connectivity index (χ0n) is 13.1. The molecule has 0 spiro atoms. The summed E-state index contributed by atoms with van der Waals surface area (Å²) in [5.41, 5.74) is 0.670. The van der Waals surface area contributed by atoms with Crippen molar-refractivity contribution in [3.63, 3.8) is 0 Å². The van der Waals surface area contributed by atoms with Crippen LogP contribution in [0.1, 0.15) is 12.0 Å². The second-order valence-corrected chi connectivity index (χ2v) is 5.38. The van der Waals surface area contributed by atoms with Crippen molar-refractivity contribution in [3.8, 4) is 5.75 Å². The van der Waals surface area contributed by atoms with Crippen molar-refractivity contribution in [2.24, 2.45) is 5.16 Å². The van der Waals surface area contributed by atoms with Crippen LogP contribution in [-0.4, -0.2) is 24.1 Å². The minimum Gasteiger partial charge on any atom is -0.404 e. The van der Waals surface area contributed by atoms with Gasteiger partial charge in [-0.2, -0.15) is 0 Å². The van der Waals surface area contributed by atoms with Crippen LogP contribution in [0.2, 0.25) is 0 Å². The molecule has 5 nitrogen and oxygen atoms in total. The molecule has 1 N–H and O–H groups in total. The third kappa shape index (κ3) is 4.29. The van der Waals surface area contributed by atoms with Crippen LogP contribution in [0.4, 0.5) is 23.2 Å². The molecule has 136 valence electrons. The monoisotopic (exact) mass is 368 g/mol. The number of nitrogens with zero attached hydrogens (tertiary/aromatic N) is 1. The second-order valence-electron chi connectivity index (χ2n) is 5.38. The Balaban J connectivity index is 1.67. The molecular formula is C17H12F4N2O3. The van der Waals surface area contributed by atoms with Gasteiger partial charge in [0, 0.05) is 12.0 Å². The molecule has 1 amide bonds. The van der Waals surface area contributed by atoms with Crippen molar-refractivity contribution in [3.05, 3.63) is 59.9 Å². The zero-order valence-corrected chi connectivity index (χ0v) is 13.1. The number of oxime groups is 1. The predicted octanol–water partition coefficient (Wildman–Crippen LogP) is 3.86. The molecule has 0 bridgehead atoms. The highest BCUT2D eigenvalue weighted by Gasteiger charge is 2.33. The number of ether oxygens (including phenoxy) is 1. The number of anilines is 1. The SMILES string of the molecule is O=C(Nc1ccccc1OC(F)(F)F)[C@H]1CC(c2cccc(F)c2)=NO1. The summed E-state index contributed by atoms with van der Waals surface area (Å²) in [6.07, 6.45) is -5.89. The fraction of sp³-hybridized carbons (Fsp3) is 0.176. The summed E-state index contributed by atoms with van der Waals surface area (Å²) in [6, 6.07) is 10.7. The molecule has 1 aliphatic heterocycles. The minimum absolute atomic E-state index is 0.0532. The molecule has 1 heterocycles. The molecule has 9 heteroatoms. The van der Waals surface area contributed by atoms with E-state index in [2.05, 4.69) is 15.2 Å². The van der Waals surface area contributed by atoms with Gasteiger partial charge >= 0.3 is 6.36 Å². The summed E-state index contributed by atoms with van der Waals surface area (Å²) in [7, 11) is 0. The first-order valence-corrected chi connectivity index (χ1v) is 7.46. The standard InChI is InChI=1S/C17H12F4N2O3/c18-11-5-3-4-10(8-11)13-9-15(26-23-13)16(24)22-12-6-1-2-7-14(12)25-17(19,20)21/h1-8,15H,9H2,(H,22,24)/t15-/m1/s1. The van der Waals surface area contributed by atoms with E-state index in [1.807, 2.05) is 0 Å². The van der Waals surface area contributed by atoms with Crippen LogP contribution in [0.15, 0.2) is 53.7 Å². The van der Waals surface area contributed by atoms with Crippen molar-refractivity contribution in [2.75, 3.05) is 5.32 Å². The molecule has 0 saturated carbocycles. The highest BCUT2D eigenvalue weighted by Crippen LogP contribution is 2.30. The van der Waals surface area contributed by atoms with Gasteiger partial charge in [-0.25, -0.2) is 4.39 Å². The Morgan fingerprint density at radius 1 is 1.19 bits per heavy atom. The number of hydrogen-bond donors (Lipinski definition) is 1. The maximum atomic E-state index is 13.3. The molecule has 0 saturated heterocycles. The number of rotatable bonds is 4. The zero-order chi connectivity index (χ0) is 18.7. The van der Waals surface area contributed by atoms with Crippen molar-refractivity contribution in [1.29, 1.82) is 0 Å². The molecule has 0 aromatic heterocycles. The van der Waals surface area contributed by atoms with E-state index in [1.54, 1.807) is 6.07 Å². The number of alkyl halides is 3. The average molecular weight is 368 g/mol. The highest BCUT2D eigenvalue weighted by molar-refractivity contribution is 6.06. The van der Waals surface area contributed by atoms with E-state index in [0.717, 1.165) is 6.07 Å². The molecule has 2 aromatic rings. The van der Waals surface area contributed by atoms with Gasteiger partial charge in [-0.15, -0.1) is 13.2 Å². The molecule has 1 aliphatic rings. The number of para-hydroxylation sites is 2. The normalized spacial score (nSPS) is 16.6. The van der Waals surface area contributed by atoms with Crippen LogP contribution in [-0.2, 0) is 9.63 Å². The van der Waals surface area contributed by atoms with E-state index in [-0.39, 0.29) is 12.1 Å². The summed E-state index contributed by atoms with van der Waals surface area (Å²) >= 11 is 0. The van der Waals surface area contributed by atoms with E-state index in [9.17, 15) is 22.4 Å². The Kier molecular flexibility index (Phi) is 4.79. The number of halogens is 4. The van der Waals surface area contributed by atoms with Crippen LogP contribution in [0.25, 0.3) is 0 Å². The van der Waals surface area contributed by atoms with E-state index in [4.69, 9.17) is 4.84 Å². The first kappa shape index (κ1) is 17.7. The highest BCUT2D eigenvalue weighted by atomic mass is 19.4. The van der Waals surface area contributed by atoms with Crippen LogP contribution in [0, 0.1) is 5.82 Å². The lowest BCUT2D eigenvalue weighted by Crippen LogP contribution is -2.28. The number of nitrogens with one attached hydrogen (secondary N) is 1. The molecule has 26 heavy (non-hydrogen) atoms. The molecule has 0 radical (unpaired) electrons. The Hall–Kier alpha value is -3.10.